The lowest BCUT2D eigenvalue weighted by molar-refractivity contribution is -0.384. The average molecular weight is 273 g/mol. The fraction of sp³-hybridized carbons (Fsp3) is 0.364. The van der Waals surface area contributed by atoms with Gasteiger partial charge in [-0.1, -0.05) is 11.6 Å². The van der Waals surface area contributed by atoms with Gasteiger partial charge in [0.1, 0.15) is 11.1 Å². The van der Waals surface area contributed by atoms with Crippen molar-refractivity contribution in [1.29, 1.82) is 0 Å². The summed E-state index contributed by atoms with van der Waals surface area (Å²) in [4.78, 5) is 21.7. The third-order valence-electron chi connectivity index (χ3n) is 2.47. The molecule has 6 nitrogen and oxygen atoms in total. The van der Waals surface area contributed by atoms with Crippen molar-refractivity contribution in [2.75, 3.05) is 12.4 Å². The summed E-state index contributed by atoms with van der Waals surface area (Å²) < 4.78 is 4.86. The number of hydrogen-bond acceptors (Lipinski definition) is 4. The minimum Gasteiger partial charge on any atom is -0.372 e. The van der Waals surface area contributed by atoms with Crippen LogP contribution in [0, 0.1) is 17.0 Å². The Labute approximate surface area is 109 Å². The fourth-order valence-corrected chi connectivity index (χ4v) is 1.51. The van der Waals surface area contributed by atoms with Gasteiger partial charge in [0.15, 0.2) is 0 Å². The Bertz CT molecular complexity index is 490. The van der Waals surface area contributed by atoms with Gasteiger partial charge in [0.2, 0.25) is 0 Å². The molecule has 1 unspecified atom stereocenters. The molecule has 0 aliphatic carbocycles. The Morgan fingerprint density at radius 3 is 2.67 bits per heavy atom. The molecule has 0 aromatic heterocycles. The van der Waals surface area contributed by atoms with Crippen molar-refractivity contribution >= 4 is 28.9 Å². The molecule has 18 heavy (non-hydrogen) atoms. The first kappa shape index (κ1) is 14.4. The summed E-state index contributed by atoms with van der Waals surface area (Å²) in [6, 6.07) is 2.67. The molecule has 0 heterocycles. The van der Waals surface area contributed by atoms with E-state index >= 15 is 0 Å². The second-order valence-corrected chi connectivity index (χ2v) is 4.15. The summed E-state index contributed by atoms with van der Waals surface area (Å²) in [5.41, 5.74) is 0.800. The minimum atomic E-state index is -0.613. The molecule has 1 aromatic rings. The number of aryl methyl sites for hydroxylation is 1. The first-order chi connectivity index (χ1) is 8.36. The van der Waals surface area contributed by atoms with Crippen molar-refractivity contribution < 1.29 is 14.5 Å². The van der Waals surface area contributed by atoms with E-state index < -0.39 is 11.0 Å². The second-order valence-electron chi connectivity index (χ2n) is 3.74. The molecular formula is C11H13ClN2O4. The van der Waals surface area contributed by atoms with Crippen molar-refractivity contribution in [2.45, 2.75) is 20.0 Å². The zero-order valence-corrected chi connectivity index (χ0v) is 10.9. The lowest BCUT2D eigenvalue weighted by atomic mass is 10.1. The highest BCUT2D eigenvalue weighted by Crippen LogP contribution is 2.30. The maximum atomic E-state index is 11.6. The highest BCUT2D eigenvalue weighted by Gasteiger charge is 2.18. The average Bonchev–Trinajstić information content (AvgIpc) is 2.31. The number of rotatable bonds is 4. The van der Waals surface area contributed by atoms with E-state index in [-0.39, 0.29) is 16.6 Å². The van der Waals surface area contributed by atoms with Crippen LogP contribution >= 0.6 is 11.6 Å². The highest BCUT2D eigenvalue weighted by atomic mass is 35.5. The van der Waals surface area contributed by atoms with Crippen LogP contribution in [0.2, 0.25) is 5.02 Å². The number of carbonyl (C=O) groups excluding carboxylic acids is 1. The van der Waals surface area contributed by atoms with Crippen LogP contribution < -0.4 is 5.32 Å². The topological polar surface area (TPSA) is 81.5 Å². The molecule has 0 spiro atoms. The molecule has 0 radical (unpaired) electrons. The summed E-state index contributed by atoms with van der Waals surface area (Å²) in [6.07, 6.45) is -0.613. The number of hydrogen-bond donors (Lipinski definition) is 1. The Hall–Kier alpha value is -1.66. The SMILES string of the molecule is COC(C)C(=O)Nc1cc(Cl)c([N+](=O)[O-])cc1C. The third kappa shape index (κ3) is 3.18. The molecule has 1 atom stereocenters. The number of halogens is 1. The zero-order chi connectivity index (χ0) is 13.9. The molecule has 0 saturated carbocycles. The van der Waals surface area contributed by atoms with Crippen LogP contribution in [0.25, 0.3) is 0 Å². The summed E-state index contributed by atoms with van der Waals surface area (Å²) in [6.45, 7) is 3.24. The van der Waals surface area contributed by atoms with E-state index in [4.69, 9.17) is 16.3 Å². The quantitative estimate of drug-likeness (QED) is 0.674. The molecule has 98 valence electrons. The molecule has 1 N–H and O–H groups in total. The predicted octanol–water partition coefficient (Wildman–Crippen LogP) is 2.53. The fourth-order valence-electron chi connectivity index (χ4n) is 1.28. The normalized spacial score (nSPS) is 12.0. The van der Waals surface area contributed by atoms with E-state index in [0.29, 0.717) is 11.3 Å². The van der Waals surface area contributed by atoms with E-state index in [2.05, 4.69) is 5.32 Å². The molecule has 0 fully saturated rings. The zero-order valence-electron chi connectivity index (χ0n) is 10.2. The van der Waals surface area contributed by atoms with Gasteiger partial charge in [-0.05, 0) is 25.5 Å². The number of ether oxygens (including phenoxy) is 1. The molecule has 1 rings (SSSR count). The van der Waals surface area contributed by atoms with Gasteiger partial charge in [0.05, 0.1) is 4.92 Å². The molecule has 0 bridgehead atoms. The maximum Gasteiger partial charge on any atom is 0.288 e. The van der Waals surface area contributed by atoms with Crippen molar-refractivity contribution in [3.05, 3.63) is 32.8 Å². The van der Waals surface area contributed by atoms with Crippen LogP contribution in [0.5, 0.6) is 0 Å². The Kier molecular flexibility index (Phi) is 4.63. The molecule has 1 aromatic carbocycles. The van der Waals surface area contributed by atoms with Crippen LogP contribution in [0.1, 0.15) is 12.5 Å². The largest absolute Gasteiger partial charge is 0.372 e. The molecule has 0 aliphatic heterocycles. The van der Waals surface area contributed by atoms with Crippen molar-refractivity contribution in [2.24, 2.45) is 0 Å². The maximum absolute atomic E-state index is 11.6. The lowest BCUT2D eigenvalue weighted by Gasteiger charge is -2.12. The van der Waals surface area contributed by atoms with Crippen molar-refractivity contribution in [1.82, 2.24) is 0 Å². The molecule has 0 aliphatic rings. The Morgan fingerprint density at radius 1 is 1.56 bits per heavy atom. The molecule has 0 saturated heterocycles. The number of nitrogens with zero attached hydrogens (tertiary/aromatic N) is 1. The first-order valence-corrected chi connectivity index (χ1v) is 5.52. The number of carbonyl (C=O) groups is 1. The number of nitro groups is 1. The summed E-state index contributed by atoms with van der Waals surface area (Å²) in [7, 11) is 1.42. The van der Waals surface area contributed by atoms with E-state index in [1.165, 1.54) is 19.2 Å². The van der Waals surface area contributed by atoms with Crippen LogP contribution in [-0.2, 0) is 9.53 Å². The third-order valence-corrected chi connectivity index (χ3v) is 2.77. The molecule has 7 heteroatoms. The van der Waals surface area contributed by atoms with Gasteiger partial charge < -0.3 is 10.1 Å². The van der Waals surface area contributed by atoms with E-state index in [0.717, 1.165) is 0 Å². The highest BCUT2D eigenvalue weighted by molar-refractivity contribution is 6.33. The van der Waals surface area contributed by atoms with Crippen molar-refractivity contribution in [3.8, 4) is 0 Å². The predicted molar refractivity (Wildman–Crippen MR) is 67.9 cm³/mol. The first-order valence-electron chi connectivity index (χ1n) is 5.15. The summed E-state index contributed by atoms with van der Waals surface area (Å²) in [5.74, 6) is -0.342. The smallest absolute Gasteiger partial charge is 0.288 e. The van der Waals surface area contributed by atoms with Crippen LogP contribution in [0.4, 0.5) is 11.4 Å². The van der Waals surface area contributed by atoms with E-state index in [1.54, 1.807) is 13.8 Å². The van der Waals surface area contributed by atoms with Crippen LogP contribution in [0.15, 0.2) is 12.1 Å². The summed E-state index contributed by atoms with van der Waals surface area (Å²) >= 11 is 5.77. The number of anilines is 1. The van der Waals surface area contributed by atoms with Gasteiger partial charge in [-0.15, -0.1) is 0 Å². The van der Waals surface area contributed by atoms with Gasteiger partial charge in [0.25, 0.3) is 11.6 Å². The van der Waals surface area contributed by atoms with Gasteiger partial charge in [0, 0.05) is 18.9 Å². The summed E-state index contributed by atoms with van der Waals surface area (Å²) in [5, 5.41) is 13.3. The standard InChI is InChI=1S/C11H13ClN2O4/c1-6-4-10(14(16)17)8(12)5-9(6)13-11(15)7(2)18-3/h4-5,7H,1-3H3,(H,13,15). The number of nitrogens with one attached hydrogen (secondary N) is 1. The van der Waals surface area contributed by atoms with E-state index in [9.17, 15) is 14.9 Å². The number of benzene rings is 1. The van der Waals surface area contributed by atoms with Gasteiger partial charge in [-0.3, -0.25) is 14.9 Å². The lowest BCUT2D eigenvalue weighted by Crippen LogP contribution is -2.26. The van der Waals surface area contributed by atoms with Gasteiger partial charge in [-0.25, -0.2) is 0 Å². The van der Waals surface area contributed by atoms with Crippen LogP contribution in [0.3, 0.4) is 0 Å². The number of nitro benzene ring substituents is 1. The van der Waals surface area contributed by atoms with Crippen molar-refractivity contribution in [3.63, 3.8) is 0 Å². The second kappa shape index (κ2) is 5.79. The molecular weight excluding hydrogens is 260 g/mol. The monoisotopic (exact) mass is 272 g/mol. The Morgan fingerprint density at radius 2 is 2.17 bits per heavy atom. The van der Waals surface area contributed by atoms with Gasteiger partial charge in [-0.2, -0.15) is 0 Å². The Balaban J connectivity index is 3.02. The number of amides is 1. The molecule has 1 amide bonds. The van der Waals surface area contributed by atoms with E-state index in [1.807, 2.05) is 0 Å². The van der Waals surface area contributed by atoms with Crippen LogP contribution in [-0.4, -0.2) is 24.0 Å². The van der Waals surface area contributed by atoms with Gasteiger partial charge >= 0.3 is 0 Å². The number of methoxy groups -OCH3 is 1. The minimum absolute atomic E-state index is 0.0223.